The fraction of sp³-hybridized carbons (Fsp3) is 0.600. The predicted molar refractivity (Wildman–Crippen MR) is 79.3 cm³/mol. The van der Waals surface area contributed by atoms with E-state index in [0.717, 1.165) is 6.42 Å². The Morgan fingerprint density at radius 1 is 1.43 bits per heavy atom. The van der Waals surface area contributed by atoms with E-state index >= 15 is 0 Å². The van der Waals surface area contributed by atoms with Gasteiger partial charge in [0.25, 0.3) is 0 Å². The normalized spacial score (nSPS) is 31.3. The van der Waals surface area contributed by atoms with Crippen molar-refractivity contribution in [3.63, 3.8) is 0 Å². The second-order valence-electron chi connectivity index (χ2n) is 6.27. The molecular formula is C15H19N3O5. The number of hydrogen-bond donors (Lipinski definition) is 1. The van der Waals surface area contributed by atoms with Gasteiger partial charge in [-0.1, -0.05) is 0 Å². The highest BCUT2D eigenvalue weighted by atomic mass is 16.6. The zero-order chi connectivity index (χ0) is 16.8. The Hall–Kier alpha value is -2.38. The van der Waals surface area contributed by atoms with E-state index in [9.17, 15) is 14.4 Å². The summed E-state index contributed by atoms with van der Waals surface area (Å²) in [4.78, 5) is 38.3. The SMILES string of the molecule is CC(=O)OC[C@@]12C[C@@H]1[C@@H](n1ccc(N)nc1=O)C[C@@H]2OC(C)=O. The van der Waals surface area contributed by atoms with Crippen molar-refractivity contribution < 1.29 is 19.1 Å². The minimum Gasteiger partial charge on any atom is -0.465 e. The van der Waals surface area contributed by atoms with Gasteiger partial charge in [0.05, 0.1) is 0 Å². The number of fused-ring (bicyclic) bond motifs is 1. The molecule has 2 N–H and O–H groups in total. The topological polar surface area (TPSA) is 114 Å². The standard InChI is InChI=1S/C15H19N3O5/c1-8(19)22-7-15-6-10(15)11(5-12(15)23-9(2)20)18-4-3-13(16)17-14(18)21/h3-4,10-12H,5-7H2,1-2H3,(H2,16,17,21)/t10-,11+,12+,15+/m1/s1. The van der Waals surface area contributed by atoms with Crippen molar-refractivity contribution in [3.05, 3.63) is 22.7 Å². The van der Waals surface area contributed by atoms with Gasteiger partial charge in [-0.15, -0.1) is 0 Å². The number of carbonyl (C=O) groups is 2. The molecule has 3 rings (SSSR count). The monoisotopic (exact) mass is 321 g/mol. The van der Waals surface area contributed by atoms with Crippen molar-refractivity contribution in [3.8, 4) is 0 Å². The molecule has 0 amide bonds. The van der Waals surface area contributed by atoms with Gasteiger partial charge in [-0.25, -0.2) is 4.79 Å². The highest BCUT2D eigenvalue weighted by molar-refractivity contribution is 5.67. The minimum atomic E-state index is -0.424. The Labute approximate surface area is 132 Å². The van der Waals surface area contributed by atoms with E-state index < -0.39 is 11.1 Å². The molecule has 1 aromatic heterocycles. The maximum Gasteiger partial charge on any atom is 0.349 e. The van der Waals surface area contributed by atoms with E-state index in [4.69, 9.17) is 15.2 Å². The molecule has 8 nitrogen and oxygen atoms in total. The van der Waals surface area contributed by atoms with Crippen LogP contribution in [-0.2, 0) is 19.1 Å². The number of nitrogens with zero attached hydrogens (tertiary/aromatic N) is 2. The number of ether oxygens (including phenoxy) is 2. The first-order valence-electron chi connectivity index (χ1n) is 7.49. The lowest BCUT2D eigenvalue weighted by atomic mass is 10.0. The molecule has 2 fully saturated rings. The number of esters is 2. The van der Waals surface area contributed by atoms with Crippen LogP contribution in [0.5, 0.6) is 0 Å². The first kappa shape index (κ1) is 15.5. The first-order valence-corrected chi connectivity index (χ1v) is 7.49. The molecule has 2 aliphatic carbocycles. The molecule has 4 atom stereocenters. The van der Waals surface area contributed by atoms with E-state index in [2.05, 4.69) is 4.98 Å². The van der Waals surface area contributed by atoms with E-state index in [1.807, 2.05) is 0 Å². The molecule has 2 saturated carbocycles. The molecule has 0 spiro atoms. The second kappa shape index (κ2) is 5.36. The smallest absolute Gasteiger partial charge is 0.349 e. The van der Waals surface area contributed by atoms with Crippen molar-refractivity contribution >= 4 is 17.8 Å². The van der Waals surface area contributed by atoms with Gasteiger partial charge in [-0.2, -0.15) is 4.98 Å². The molecule has 0 saturated heterocycles. The molecule has 8 heteroatoms. The summed E-state index contributed by atoms with van der Waals surface area (Å²) >= 11 is 0. The van der Waals surface area contributed by atoms with Crippen LogP contribution in [0.1, 0.15) is 32.7 Å². The summed E-state index contributed by atoms with van der Waals surface area (Å²) < 4.78 is 12.1. The summed E-state index contributed by atoms with van der Waals surface area (Å²) in [5.74, 6) is -0.482. The van der Waals surface area contributed by atoms with Gasteiger partial charge in [-0.3, -0.25) is 14.2 Å². The van der Waals surface area contributed by atoms with Gasteiger partial charge in [0.15, 0.2) is 0 Å². The summed E-state index contributed by atoms with van der Waals surface area (Å²) in [5, 5.41) is 0. The zero-order valence-electron chi connectivity index (χ0n) is 13.0. The Bertz CT molecular complexity index is 715. The molecule has 1 aromatic rings. The molecule has 2 aliphatic rings. The van der Waals surface area contributed by atoms with Crippen LogP contribution in [-0.4, -0.2) is 34.2 Å². The molecule has 0 aliphatic heterocycles. The molecule has 23 heavy (non-hydrogen) atoms. The van der Waals surface area contributed by atoms with Crippen molar-refractivity contribution in [2.75, 3.05) is 12.3 Å². The van der Waals surface area contributed by atoms with Gasteiger partial charge in [0, 0.05) is 37.9 Å². The van der Waals surface area contributed by atoms with E-state index in [1.165, 1.54) is 18.4 Å². The zero-order valence-corrected chi connectivity index (χ0v) is 13.0. The van der Waals surface area contributed by atoms with Crippen molar-refractivity contribution in [2.45, 2.75) is 38.8 Å². The largest absolute Gasteiger partial charge is 0.465 e. The average Bonchev–Trinajstić information content (AvgIpc) is 3.11. The van der Waals surface area contributed by atoms with Crippen molar-refractivity contribution in [2.24, 2.45) is 11.3 Å². The molecule has 1 heterocycles. The van der Waals surface area contributed by atoms with E-state index in [-0.39, 0.29) is 42.4 Å². The van der Waals surface area contributed by atoms with Crippen LogP contribution >= 0.6 is 0 Å². The Balaban J connectivity index is 1.87. The Morgan fingerprint density at radius 2 is 2.17 bits per heavy atom. The number of aromatic nitrogens is 2. The third-order valence-corrected chi connectivity index (χ3v) is 4.80. The number of nitrogens with two attached hydrogens (primary N) is 1. The molecule has 0 bridgehead atoms. The predicted octanol–water partition coefficient (Wildman–Crippen LogP) is 0.271. The third kappa shape index (κ3) is 2.69. The highest BCUT2D eigenvalue weighted by Crippen LogP contribution is 2.68. The average molecular weight is 321 g/mol. The summed E-state index contributed by atoms with van der Waals surface area (Å²) in [7, 11) is 0. The molecule has 0 unspecified atom stereocenters. The quantitative estimate of drug-likeness (QED) is 0.792. The number of rotatable bonds is 4. The lowest BCUT2D eigenvalue weighted by molar-refractivity contribution is -0.153. The highest BCUT2D eigenvalue weighted by Gasteiger charge is 2.70. The molecule has 0 aromatic carbocycles. The lowest BCUT2D eigenvalue weighted by Crippen LogP contribution is -2.30. The number of hydrogen-bond acceptors (Lipinski definition) is 7. The molecular weight excluding hydrogens is 302 g/mol. The van der Waals surface area contributed by atoms with Crippen molar-refractivity contribution in [1.29, 1.82) is 0 Å². The van der Waals surface area contributed by atoms with Crippen LogP contribution < -0.4 is 11.4 Å². The van der Waals surface area contributed by atoms with Crippen LogP contribution in [0.2, 0.25) is 0 Å². The molecule has 0 radical (unpaired) electrons. The minimum absolute atomic E-state index is 0.106. The van der Waals surface area contributed by atoms with Crippen LogP contribution in [0.15, 0.2) is 17.1 Å². The second-order valence-corrected chi connectivity index (χ2v) is 6.27. The van der Waals surface area contributed by atoms with Crippen LogP contribution in [0.25, 0.3) is 0 Å². The van der Waals surface area contributed by atoms with Crippen LogP contribution in [0, 0.1) is 11.3 Å². The van der Waals surface area contributed by atoms with Gasteiger partial charge in [0.2, 0.25) is 0 Å². The summed E-state index contributed by atoms with van der Waals surface area (Å²) in [6.45, 7) is 2.88. The summed E-state index contributed by atoms with van der Waals surface area (Å²) in [5.41, 5.74) is 4.70. The maximum absolute atomic E-state index is 12.1. The number of anilines is 1. The van der Waals surface area contributed by atoms with Crippen LogP contribution in [0.4, 0.5) is 5.82 Å². The Morgan fingerprint density at radius 3 is 2.78 bits per heavy atom. The fourth-order valence-electron chi connectivity index (χ4n) is 3.70. The summed E-state index contributed by atoms with van der Waals surface area (Å²) in [6.07, 6.45) is 2.47. The fourth-order valence-corrected chi connectivity index (χ4v) is 3.70. The van der Waals surface area contributed by atoms with Gasteiger partial charge in [-0.05, 0) is 18.4 Å². The van der Waals surface area contributed by atoms with Crippen LogP contribution in [0.3, 0.4) is 0 Å². The van der Waals surface area contributed by atoms with E-state index in [1.54, 1.807) is 12.3 Å². The maximum atomic E-state index is 12.1. The van der Waals surface area contributed by atoms with Crippen molar-refractivity contribution in [1.82, 2.24) is 9.55 Å². The van der Waals surface area contributed by atoms with Gasteiger partial charge < -0.3 is 15.2 Å². The summed E-state index contributed by atoms with van der Waals surface area (Å²) in [6, 6.07) is 1.42. The lowest BCUT2D eigenvalue weighted by Gasteiger charge is -2.23. The number of nitrogen functional groups attached to an aromatic ring is 1. The number of carbonyl (C=O) groups excluding carboxylic acids is 2. The third-order valence-electron chi connectivity index (χ3n) is 4.80. The van der Waals surface area contributed by atoms with Gasteiger partial charge >= 0.3 is 17.6 Å². The first-order chi connectivity index (χ1) is 10.8. The van der Waals surface area contributed by atoms with E-state index in [0.29, 0.717) is 6.42 Å². The Kier molecular flexibility index (Phi) is 3.62. The van der Waals surface area contributed by atoms with Gasteiger partial charge in [0.1, 0.15) is 18.5 Å². The molecule has 124 valence electrons.